The van der Waals surface area contributed by atoms with E-state index in [-0.39, 0.29) is 17.3 Å². The second-order valence-electron chi connectivity index (χ2n) is 4.98. The molecule has 2 aromatic carbocycles. The van der Waals surface area contributed by atoms with Crippen molar-refractivity contribution in [2.75, 3.05) is 30.0 Å². The van der Waals surface area contributed by atoms with Gasteiger partial charge in [-0.25, -0.2) is 8.78 Å². The maximum absolute atomic E-state index is 13.1. The SMILES string of the molecule is CCOc1ccc(OCCSCC(=O)Nc2ccc(F)c(F)c2)cc1. The first-order valence-corrected chi connectivity index (χ1v) is 8.92. The first kappa shape index (κ1) is 19.1. The molecule has 0 fully saturated rings. The summed E-state index contributed by atoms with van der Waals surface area (Å²) in [6.07, 6.45) is 0. The van der Waals surface area contributed by atoms with Crippen LogP contribution in [0.2, 0.25) is 0 Å². The summed E-state index contributed by atoms with van der Waals surface area (Å²) in [6.45, 7) is 2.99. The Morgan fingerprint density at radius 3 is 2.36 bits per heavy atom. The van der Waals surface area contributed by atoms with Gasteiger partial charge in [-0.05, 0) is 43.3 Å². The highest BCUT2D eigenvalue weighted by Crippen LogP contribution is 2.18. The van der Waals surface area contributed by atoms with Crippen LogP contribution in [0.4, 0.5) is 14.5 Å². The Morgan fingerprint density at radius 2 is 1.72 bits per heavy atom. The Balaban J connectivity index is 1.63. The Hall–Kier alpha value is -2.28. The lowest BCUT2D eigenvalue weighted by Crippen LogP contribution is -2.15. The van der Waals surface area contributed by atoms with Crippen molar-refractivity contribution in [2.45, 2.75) is 6.92 Å². The monoisotopic (exact) mass is 367 g/mol. The van der Waals surface area contributed by atoms with Gasteiger partial charge >= 0.3 is 0 Å². The predicted octanol–water partition coefficient (Wildman–Crippen LogP) is 4.11. The number of carbonyl (C=O) groups is 1. The summed E-state index contributed by atoms with van der Waals surface area (Å²) in [5.41, 5.74) is 0.232. The third-order valence-electron chi connectivity index (χ3n) is 3.07. The second-order valence-corrected chi connectivity index (χ2v) is 6.09. The molecule has 2 rings (SSSR count). The molecule has 0 aromatic heterocycles. The van der Waals surface area contributed by atoms with Crippen molar-refractivity contribution < 1.29 is 23.0 Å². The molecule has 134 valence electrons. The normalized spacial score (nSPS) is 10.4. The first-order chi connectivity index (χ1) is 12.1. The third-order valence-corrected chi connectivity index (χ3v) is 3.99. The summed E-state index contributed by atoms with van der Waals surface area (Å²) in [4.78, 5) is 11.7. The molecule has 1 amide bonds. The number of ether oxygens (including phenoxy) is 2. The van der Waals surface area contributed by atoms with E-state index < -0.39 is 11.6 Å². The van der Waals surface area contributed by atoms with Gasteiger partial charge in [0.15, 0.2) is 11.6 Å². The highest BCUT2D eigenvalue weighted by molar-refractivity contribution is 7.99. The van der Waals surface area contributed by atoms with Crippen LogP contribution in [0.1, 0.15) is 6.92 Å². The van der Waals surface area contributed by atoms with Crippen molar-refractivity contribution >= 4 is 23.4 Å². The molecule has 7 heteroatoms. The first-order valence-electron chi connectivity index (χ1n) is 7.77. The molecule has 0 atom stereocenters. The van der Waals surface area contributed by atoms with E-state index in [4.69, 9.17) is 9.47 Å². The standard InChI is InChI=1S/C18H19F2NO3S/c1-2-23-14-4-6-15(7-5-14)24-9-10-25-12-18(22)21-13-3-8-16(19)17(20)11-13/h3-8,11H,2,9-10,12H2,1H3,(H,21,22). The average Bonchev–Trinajstić information content (AvgIpc) is 2.59. The van der Waals surface area contributed by atoms with Gasteiger partial charge in [-0.3, -0.25) is 4.79 Å². The lowest BCUT2D eigenvalue weighted by molar-refractivity contribution is -0.113. The van der Waals surface area contributed by atoms with E-state index in [0.717, 1.165) is 23.6 Å². The summed E-state index contributed by atoms with van der Waals surface area (Å²) < 4.78 is 36.8. The number of rotatable bonds is 9. The number of carbonyl (C=O) groups excluding carboxylic acids is 1. The number of hydrogen-bond donors (Lipinski definition) is 1. The molecule has 4 nitrogen and oxygen atoms in total. The van der Waals surface area contributed by atoms with Crippen molar-refractivity contribution in [1.82, 2.24) is 0 Å². The molecule has 2 aromatic rings. The van der Waals surface area contributed by atoms with Crippen LogP contribution in [0, 0.1) is 11.6 Å². The predicted molar refractivity (Wildman–Crippen MR) is 95.4 cm³/mol. The van der Waals surface area contributed by atoms with Gasteiger partial charge in [0.2, 0.25) is 5.91 Å². The number of thioether (sulfide) groups is 1. The van der Waals surface area contributed by atoms with Crippen LogP contribution in [-0.4, -0.2) is 30.6 Å². The molecule has 1 N–H and O–H groups in total. The average molecular weight is 367 g/mol. The van der Waals surface area contributed by atoms with Crippen molar-refractivity contribution in [3.8, 4) is 11.5 Å². The van der Waals surface area contributed by atoms with Crippen molar-refractivity contribution in [1.29, 1.82) is 0 Å². The van der Waals surface area contributed by atoms with Crippen LogP contribution < -0.4 is 14.8 Å². The summed E-state index contributed by atoms with van der Waals surface area (Å²) in [5.74, 6) is 0.128. The molecular formula is C18H19F2NO3S. The topological polar surface area (TPSA) is 47.6 Å². The fourth-order valence-electron chi connectivity index (χ4n) is 1.95. The number of anilines is 1. The Labute approximate surface area is 149 Å². The number of nitrogens with one attached hydrogen (secondary N) is 1. The number of amides is 1. The molecule has 0 saturated carbocycles. The van der Waals surface area contributed by atoms with E-state index >= 15 is 0 Å². The molecule has 0 radical (unpaired) electrons. The van der Waals surface area contributed by atoms with Crippen LogP contribution in [-0.2, 0) is 4.79 Å². The van der Waals surface area contributed by atoms with Gasteiger partial charge in [0.1, 0.15) is 11.5 Å². The molecule has 0 spiro atoms. The fourth-order valence-corrected chi connectivity index (χ4v) is 2.56. The highest BCUT2D eigenvalue weighted by atomic mass is 32.2. The molecule has 0 bridgehead atoms. The Bertz CT molecular complexity index is 695. The quantitative estimate of drug-likeness (QED) is 0.678. The maximum atomic E-state index is 13.1. The van der Waals surface area contributed by atoms with E-state index in [0.29, 0.717) is 19.0 Å². The molecule has 0 aliphatic heterocycles. The number of benzene rings is 2. The van der Waals surface area contributed by atoms with Crippen LogP contribution in [0.5, 0.6) is 11.5 Å². The van der Waals surface area contributed by atoms with Crippen LogP contribution in [0.15, 0.2) is 42.5 Å². The lowest BCUT2D eigenvalue weighted by Gasteiger charge is -2.08. The lowest BCUT2D eigenvalue weighted by atomic mass is 10.3. The minimum Gasteiger partial charge on any atom is -0.494 e. The maximum Gasteiger partial charge on any atom is 0.234 e. The van der Waals surface area contributed by atoms with Gasteiger partial charge in [0.05, 0.1) is 19.0 Å². The summed E-state index contributed by atoms with van der Waals surface area (Å²) in [7, 11) is 0. The molecule has 0 unspecified atom stereocenters. The fraction of sp³-hybridized carbons (Fsp3) is 0.278. The largest absolute Gasteiger partial charge is 0.494 e. The molecule has 0 saturated heterocycles. The molecule has 0 heterocycles. The van der Waals surface area contributed by atoms with E-state index in [2.05, 4.69) is 5.32 Å². The van der Waals surface area contributed by atoms with Crippen molar-refractivity contribution in [3.63, 3.8) is 0 Å². The number of halogens is 2. The van der Waals surface area contributed by atoms with Gasteiger partial charge in [-0.2, -0.15) is 0 Å². The third kappa shape index (κ3) is 6.62. The van der Waals surface area contributed by atoms with Gasteiger partial charge in [-0.1, -0.05) is 0 Å². The minimum absolute atomic E-state index is 0.200. The highest BCUT2D eigenvalue weighted by Gasteiger charge is 2.06. The van der Waals surface area contributed by atoms with Gasteiger partial charge in [0.25, 0.3) is 0 Å². The Morgan fingerprint density at radius 1 is 1.04 bits per heavy atom. The molecular weight excluding hydrogens is 348 g/mol. The van der Waals surface area contributed by atoms with E-state index in [1.165, 1.54) is 17.8 Å². The molecule has 25 heavy (non-hydrogen) atoms. The van der Waals surface area contributed by atoms with Crippen molar-refractivity contribution in [3.05, 3.63) is 54.1 Å². The van der Waals surface area contributed by atoms with Crippen LogP contribution in [0.25, 0.3) is 0 Å². The van der Waals surface area contributed by atoms with Gasteiger partial charge in [0, 0.05) is 17.5 Å². The smallest absolute Gasteiger partial charge is 0.234 e. The summed E-state index contributed by atoms with van der Waals surface area (Å²) in [6, 6.07) is 10.6. The van der Waals surface area contributed by atoms with Crippen LogP contribution >= 0.6 is 11.8 Å². The van der Waals surface area contributed by atoms with E-state index in [1.807, 2.05) is 31.2 Å². The van der Waals surface area contributed by atoms with Gasteiger partial charge < -0.3 is 14.8 Å². The van der Waals surface area contributed by atoms with E-state index in [9.17, 15) is 13.6 Å². The van der Waals surface area contributed by atoms with E-state index in [1.54, 1.807) is 0 Å². The zero-order chi connectivity index (χ0) is 18.1. The molecule has 0 aliphatic rings. The summed E-state index contributed by atoms with van der Waals surface area (Å²) in [5, 5.41) is 2.52. The van der Waals surface area contributed by atoms with Crippen molar-refractivity contribution in [2.24, 2.45) is 0 Å². The zero-order valence-corrected chi connectivity index (χ0v) is 14.6. The zero-order valence-electron chi connectivity index (χ0n) is 13.8. The van der Waals surface area contributed by atoms with Crippen LogP contribution in [0.3, 0.4) is 0 Å². The second kappa shape index (κ2) is 9.88. The summed E-state index contributed by atoms with van der Waals surface area (Å²) >= 11 is 1.39. The number of hydrogen-bond acceptors (Lipinski definition) is 4. The molecule has 0 aliphatic carbocycles. The Kier molecular flexibility index (Phi) is 7.53. The minimum atomic E-state index is -0.991. The van der Waals surface area contributed by atoms with Gasteiger partial charge in [-0.15, -0.1) is 11.8 Å².